The number of aryl methyl sites for hydroxylation is 1. The zero-order valence-corrected chi connectivity index (χ0v) is 11.8. The Labute approximate surface area is 111 Å². The monoisotopic (exact) mass is 291 g/mol. The molecular weight excluding hydrogens is 274 g/mol. The van der Waals surface area contributed by atoms with Crippen LogP contribution in [0.25, 0.3) is 0 Å². The third kappa shape index (κ3) is 3.10. The van der Waals surface area contributed by atoms with Gasteiger partial charge in [0.1, 0.15) is 4.21 Å². The molecule has 102 valence electrons. The molecule has 0 aromatic carbocycles. The number of thiophene rings is 1. The summed E-state index contributed by atoms with van der Waals surface area (Å²) in [7, 11) is -3.47. The number of hydrogen-bond donors (Lipinski definition) is 2. The Bertz CT molecular complexity index is 503. The smallest absolute Gasteiger partial charge is 0.250 e. The molecular formula is C11H17NO4S2. The van der Waals surface area contributed by atoms with Crippen molar-refractivity contribution in [2.75, 3.05) is 13.2 Å². The van der Waals surface area contributed by atoms with Crippen LogP contribution in [0.15, 0.2) is 10.3 Å². The molecule has 1 aliphatic rings. The predicted octanol–water partition coefficient (Wildman–Crippen LogP) is 1.01. The average Bonchev–Trinajstić information content (AvgIpc) is 2.72. The molecule has 0 amide bonds. The van der Waals surface area contributed by atoms with Crippen LogP contribution in [0.2, 0.25) is 0 Å². The minimum absolute atomic E-state index is 0.0521. The molecule has 0 aliphatic carbocycles. The Hall–Kier alpha value is -0.470. The highest BCUT2D eigenvalue weighted by Crippen LogP contribution is 2.26. The number of nitrogens with one attached hydrogen (secondary N) is 1. The maximum absolute atomic E-state index is 12.2. The summed E-state index contributed by atoms with van der Waals surface area (Å²) in [4.78, 5) is 0.697. The van der Waals surface area contributed by atoms with E-state index in [-0.39, 0.29) is 16.9 Å². The standard InChI is InChI=1S/C11H17NO4S2/c1-8-6-11(17-10(8)7-13)18(14,15)12-9-2-4-16-5-3-9/h6,9,12-13H,2-5,7H2,1H3. The minimum atomic E-state index is -3.47. The van der Waals surface area contributed by atoms with E-state index in [0.29, 0.717) is 30.9 Å². The first-order valence-corrected chi connectivity index (χ1v) is 8.13. The quantitative estimate of drug-likeness (QED) is 0.868. The van der Waals surface area contributed by atoms with Crippen LogP contribution < -0.4 is 4.72 Å². The molecule has 0 unspecified atom stereocenters. The highest BCUT2D eigenvalue weighted by molar-refractivity contribution is 7.91. The average molecular weight is 291 g/mol. The van der Waals surface area contributed by atoms with Crippen LogP contribution in [-0.2, 0) is 21.4 Å². The van der Waals surface area contributed by atoms with Crippen molar-refractivity contribution >= 4 is 21.4 Å². The van der Waals surface area contributed by atoms with Gasteiger partial charge in [0.2, 0.25) is 10.0 Å². The van der Waals surface area contributed by atoms with Crippen molar-refractivity contribution in [2.24, 2.45) is 0 Å². The Morgan fingerprint density at radius 1 is 1.50 bits per heavy atom. The van der Waals surface area contributed by atoms with Crippen molar-refractivity contribution in [2.45, 2.75) is 36.6 Å². The van der Waals surface area contributed by atoms with Gasteiger partial charge in [-0.15, -0.1) is 11.3 Å². The molecule has 2 N–H and O–H groups in total. The zero-order valence-electron chi connectivity index (χ0n) is 10.2. The topological polar surface area (TPSA) is 75.6 Å². The predicted molar refractivity (Wildman–Crippen MR) is 69.1 cm³/mol. The molecule has 18 heavy (non-hydrogen) atoms. The Morgan fingerprint density at radius 2 is 2.17 bits per heavy atom. The van der Waals surface area contributed by atoms with Crippen LogP contribution in [0.1, 0.15) is 23.3 Å². The van der Waals surface area contributed by atoms with E-state index in [2.05, 4.69) is 4.72 Å². The van der Waals surface area contributed by atoms with Crippen molar-refractivity contribution < 1.29 is 18.3 Å². The first-order valence-electron chi connectivity index (χ1n) is 5.83. The van der Waals surface area contributed by atoms with Gasteiger partial charge in [0.15, 0.2) is 0 Å². The molecule has 1 fully saturated rings. The molecule has 1 aromatic rings. The van der Waals surface area contributed by atoms with Crippen LogP contribution in [0, 0.1) is 6.92 Å². The second-order valence-electron chi connectivity index (χ2n) is 4.34. The zero-order chi connectivity index (χ0) is 13.2. The first kappa shape index (κ1) is 14.0. The molecule has 0 saturated carbocycles. The van der Waals surface area contributed by atoms with E-state index in [0.717, 1.165) is 16.9 Å². The van der Waals surface area contributed by atoms with Gasteiger partial charge in [0, 0.05) is 24.1 Å². The summed E-state index contributed by atoms with van der Waals surface area (Å²) in [6.07, 6.45) is 1.41. The van der Waals surface area contributed by atoms with E-state index in [1.54, 1.807) is 13.0 Å². The molecule has 0 spiro atoms. The van der Waals surface area contributed by atoms with Crippen molar-refractivity contribution in [1.29, 1.82) is 0 Å². The van der Waals surface area contributed by atoms with Crippen LogP contribution in [-0.4, -0.2) is 32.8 Å². The highest BCUT2D eigenvalue weighted by atomic mass is 32.2. The lowest BCUT2D eigenvalue weighted by Crippen LogP contribution is -2.38. The van der Waals surface area contributed by atoms with E-state index in [1.165, 1.54) is 0 Å². The molecule has 0 bridgehead atoms. The molecule has 1 aromatic heterocycles. The van der Waals surface area contributed by atoms with Crippen molar-refractivity contribution in [3.8, 4) is 0 Å². The third-order valence-electron chi connectivity index (χ3n) is 2.95. The van der Waals surface area contributed by atoms with Gasteiger partial charge in [-0.25, -0.2) is 13.1 Å². The van der Waals surface area contributed by atoms with Gasteiger partial charge in [0.25, 0.3) is 0 Å². The highest BCUT2D eigenvalue weighted by Gasteiger charge is 2.24. The fourth-order valence-corrected chi connectivity index (χ4v) is 4.64. The van der Waals surface area contributed by atoms with Gasteiger partial charge in [-0.1, -0.05) is 0 Å². The minimum Gasteiger partial charge on any atom is -0.391 e. The molecule has 1 aliphatic heterocycles. The van der Waals surface area contributed by atoms with Crippen LogP contribution in [0.4, 0.5) is 0 Å². The van der Waals surface area contributed by atoms with E-state index < -0.39 is 10.0 Å². The summed E-state index contributed by atoms with van der Waals surface area (Å²) in [6.45, 7) is 2.87. The van der Waals surface area contributed by atoms with E-state index in [4.69, 9.17) is 9.84 Å². The largest absolute Gasteiger partial charge is 0.391 e. The summed E-state index contributed by atoms with van der Waals surface area (Å²) in [5.41, 5.74) is 0.815. The Kier molecular flexibility index (Phi) is 4.39. The van der Waals surface area contributed by atoms with Gasteiger partial charge in [-0.3, -0.25) is 0 Å². The molecule has 5 nitrogen and oxygen atoms in total. The van der Waals surface area contributed by atoms with E-state index in [1.807, 2.05) is 0 Å². The number of hydrogen-bond acceptors (Lipinski definition) is 5. The summed E-state index contributed by atoms with van der Waals surface area (Å²) >= 11 is 1.12. The maximum atomic E-state index is 12.2. The van der Waals surface area contributed by atoms with Crippen molar-refractivity contribution in [1.82, 2.24) is 4.72 Å². The summed E-state index contributed by atoms with van der Waals surface area (Å²) < 4.78 is 32.5. The fourth-order valence-electron chi connectivity index (χ4n) is 1.87. The molecule has 2 heterocycles. The Balaban J connectivity index is 2.13. The van der Waals surface area contributed by atoms with Crippen molar-refractivity contribution in [3.05, 3.63) is 16.5 Å². The fraction of sp³-hybridized carbons (Fsp3) is 0.636. The maximum Gasteiger partial charge on any atom is 0.250 e. The number of ether oxygens (including phenoxy) is 1. The number of aliphatic hydroxyl groups excluding tert-OH is 1. The van der Waals surface area contributed by atoms with E-state index >= 15 is 0 Å². The number of aliphatic hydroxyl groups is 1. The lowest BCUT2D eigenvalue weighted by molar-refractivity contribution is 0.0832. The molecule has 0 atom stereocenters. The second kappa shape index (κ2) is 5.66. The molecule has 2 rings (SSSR count). The van der Waals surface area contributed by atoms with Gasteiger partial charge >= 0.3 is 0 Å². The third-order valence-corrected chi connectivity index (χ3v) is 6.17. The molecule has 0 radical (unpaired) electrons. The Morgan fingerprint density at radius 3 is 2.72 bits per heavy atom. The first-order chi connectivity index (χ1) is 8.53. The van der Waals surface area contributed by atoms with Crippen LogP contribution in [0.5, 0.6) is 0 Å². The van der Waals surface area contributed by atoms with Gasteiger partial charge in [-0.2, -0.15) is 0 Å². The number of sulfonamides is 1. The second-order valence-corrected chi connectivity index (χ2v) is 7.42. The van der Waals surface area contributed by atoms with Gasteiger partial charge in [0.05, 0.1) is 6.61 Å². The molecule has 1 saturated heterocycles. The van der Waals surface area contributed by atoms with Crippen LogP contribution >= 0.6 is 11.3 Å². The molecule has 7 heteroatoms. The number of rotatable bonds is 4. The summed E-state index contributed by atoms with van der Waals surface area (Å²) in [6, 6.07) is 1.56. The lowest BCUT2D eigenvalue weighted by atomic mass is 10.1. The van der Waals surface area contributed by atoms with Gasteiger partial charge in [-0.05, 0) is 31.4 Å². The van der Waals surface area contributed by atoms with Crippen molar-refractivity contribution in [3.63, 3.8) is 0 Å². The summed E-state index contributed by atoms with van der Waals surface area (Å²) in [5, 5.41) is 9.10. The van der Waals surface area contributed by atoms with Crippen LogP contribution in [0.3, 0.4) is 0 Å². The summed E-state index contributed by atoms with van der Waals surface area (Å²) in [5.74, 6) is 0. The van der Waals surface area contributed by atoms with E-state index in [9.17, 15) is 8.42 Å². The lowest BCUT2D eigenvalue weighted by Gasteiger charge is -2.22. The normalized spacial score (nSPS) is 18.1. The SMILES string of the molecule is Cc1cc(S(=O)(=O)NC2CCOCC2)sc1CO. The van der Waals surface area contributed by atoms with Gasteiger partial charge < -0.3 is 9.84 Å².